The molecule has 140 valence electrons. The van der Waals surface area contributed by atoms with Crippen molar-refractivity contribution in [2.24, 2.45) is 5.92 Å². The summed E-state index contributed by atoms with van der Waals surface area (Å²) in [6.07, 6.45) is 0.838. The van der Waals surface area contributed by atoms with Gasteiger partial charge < -0.3 is 5.32 Å². The smallest absolute Gasteiger partial charge is 0.281 e. The van der Waals surface area contributed by atoms with Gasteiger partial charge in [-0.2, -0.15) is 0 Å². The second-order valence-corrected chi connectivity index (χ2v) is 7.88. The third-order valence-electron chi connectivity index (χ3n) is 3.77. The van der Waals surface area contributed by atoms with Gasteiger partial charge >= 0.3 is 0 Å². The molecule has 1 heterocycles. The van der Waals surface area contributed by atoms with Crippen LogP contribution in [0, 0.1) is 26.7 Å². The highest BCUT2D eigenvalue weighted by Crippen LogP contribution is 2.20. The highest BCUT2D eigenvalue weighted by molar-refractivity contribution is 7.13. The van der Waals surface area contributed by atoms with Gasteiger partial charge in [0.1, 0.15) is 4.88 Å². The highest BCUT2D eigenvalue weighted by atomic mass is 32.1. The molecule has 0 spiro atoms. The average molecular weight is 375 g/mol. The third kappa shape index (κ3) is 5.56. The van der Waals surface area contributed by atoms with Crippen LogP contribution in [-0.4, -0.2) is 23.3 Å². The van der Waals surface area contributed by atoms with E-state index in [1.54, 1.807) is 6.92 Å². The van der Waals surface area contributed by atoms with Crippen LogP contribution in [0.3, 0.4) is 0 Å². The SMILES string of the molecule is Cc1ccc(NCC(=O)NNC(=O)c2sc(CC(C)C)nc2C)c(C)c1. The maximum atomic E-state index is 12.3. The Bertz CT molecular complexity index is 799. The van der Waals surface area contributed by atoms with Crippen LogP contribution in [0.5, 0.6) is 0 Å². The Labute approximate surface area is 158 Å². The molecular formula is C19H26N4O2S. The van der Waals surface area contributed by atoms with Crippen molar-refractivity contribution in [2.75, 3.05) is 11.9 Å². The Morgan fingerprint density at radius 3 is 2.54 bits per heavy atom. The largest absolute Gasteiger partial charge is 0.376 e. The number of amides is 2. The van der Waals surface area contributed by atoms with E-state index in [4.69, 9.17) is 0 Å². The number of anilines is 1. The van der Waals surface area contributed by atoms with Crippen LogP contribution in [0.2, 0.25) is 0 Å². The van der Waals surface area contributed by atoms with Gasteiger partial charge in [0.05, 0.1) is 17.2 Å². The van der Waals surface area contributed by atoms with Crippen molar-refractivity contribution in [3.8, 4) is 0 Å². The molecule has 0 saturated carbocycles. The molecular weight excluding hydrogens is 348 g/mol. The maximum Gasteiger partial charge on any atom is 0.281 e. The number of benzene rings is 1. The Morgan fingerprint density at radius 1 is 1.15 bits per heavy atom. The van der Waals surface area contributed by atoms with Crippen molar-refractivity contribution in [2.45, 2.75) is 41.0 Å². The van der Waals surface area contributed by atoms with Crippen molar-refractivity contribution < 1.29 is 9.59 Å². The van der Waals surface area contributed by atoms with Crippen LogP contribution in [-0.2, 0) is 11.2 Å². The standard InChI is InChI=1S/C19H26N4O2S/c1-11(2)8-17-21-14(5)18(26-17)19(25)23-22-16(24)10-20-15-7-6-12(3)9-13(15)4/h6-7,9,11,20H,8,10H2,1-5H3,(H,22,24)(H,23,25). The number of rotatable bonds is 6. The molecule has 26 heavy (non-hydrogen) atoms. The van der Waals surface area contributed by atoms with Crippen LogP contribution in [0.1, 0.15) is 45.3 Å². The second-order valence-electron chi connectivity index (χ2n) is 6.79. The molecule has 2 rings (SSSR count). The Kier molecular flexibility index (Phi) is 6.74. The quantitative estimate of drug-likeness (QED) is 0.678. The first-order chi connectivity index (χ1) is 12.3. The lowest BCUT2D eigenvalue weighted by Gasteiger charge is -2.11. The molecule has 6 nitrogen and oxygen atoms in total. The van der Waals surface area contributed by atoms with Gasteiger partial charge in [-0.3, -0.25) is 20.4 Å². The molecule has 0 aliphatic heterocycles. The first-order valence-electron chi connectivity index (χ1n) is 8.63. The van der Waals surface area contributed by atoms with Crippen molar-refractivity contribution in [3.05, 3.63) is 44.9 Å². The number of carbonyl (C=O) groups is 2. The van der Waals surface area contributed by atoms with E-state index < -0.39 is 0 Å². The lowest BCUT2D eigenvalue weighted by molar-refractivity contribution is -0.120. The van der Waals surface area contributed by atoms with Crippen LogP contribution >= 0.6 is 11.3 Å². The minimum Gasteiger partial charge on any atom is -0.376 e. The number of hydrogen-bond donors (Lipinski definition) is 3. The summed E-state index contributed by atoms with van der Waals surface area (Å²) in [5, 5.41) is 4.00. The fraction of sp³-hybridized carbons (Fsp3) is 0.421. The zero-order valence-electron chi connectivity index (χ0n) is 15.9. The molecule has 0 bridgehead atoms. The molecule has 1 aromatic carbocycles. The Morgan fingerprint density at radius 2 is 1.88 bits per heavy atom. The van der Waals surface area contributed by atoms with E-state index in [0.29, 0.717) is 16.5 Å². The van der Waals surface area contributed by atoms with Gasteiger partial charge in [0.15, 0.2) is 0 Å². The van der Waals surface area contributed by atoms with Crippen LogP contribution in [0.15, 0.2) is 18.2 Å². The summed E-state index contributed by atoms with van der Waals surface area (Å²) < 4.78 is 0. The molecule has 0 fully saturated rings. The fourth-order valence-corrected chi connectivity index (χ4v) is 3.69. The van der Waals surface area contributed by atoms with Crippen molar-refractivity contribution in [3.63, 3.8) is 0 Å². The van der Waals surface area contributed by atoms with Gasteiger partial charge in [0.2, 0.25) is 0 Å². The van der Waals surface area contributed by atoms with Crippen LogP contribution in [0.25, 0.3) is 0 Å². The number of hydrazine groups is 1. The molecule has 0 aliphatic rings. The van der Waals surface area contributed by atoms with E-state index >= 15 is 0 Å². The van der Waals surface area contributed by atoms with Gasteiger partial charge in [0.25, 0.3) is 11.8 Å². The molecule has 0 saturated heterocycles. The number of aromatic nitrogens is 1. The predicted molar refractivity (Wildman–Crippen MR) is 105 cm³/mol. The Balaban J connectivity index is 1.85. The maximum absolute atomic E-state index is 12.3. The lowest BCUT2D eigenvalue weighted by Crippen LogP contribution is -2.44. The highest BCUT2D eigenvalue weighted by Gasteiger charge is 2.16. The zero-order chi connectivity index (χ0) is 19.3. The van der Waals surface area contributed by atoms with Gasteiger partial charge in [-0.25, -0.2) is 4.98 Å². The van der Waals surface area contributed by atoms with Crippen molar-refractivity contribution in [1.29, 1.82) is 0 Å². The number of thiazole rings is 1. The van der Waals surface area contributed by atoms with Gasteiger partial charge in [-0.05, 0) is 38.3 Å². The van der Waals surface area contributed by atoms with E-state index in [1.165, 1.54) is 16.9 Å². The second kappa shape index (κ2) is 8.80. The first kappa shape index (κ1) is 19.9. The topological polar surface area (TPSA) is 83.1 Å². The summed E-state index contributed by atoms with van der Waals surface area (Å²) >= 11 is 1.37. The summed E-state index contributed by atoms with van der Waals surface area (Å²) in [6, 6.07) is 5.97. The molecule has 0 aliphatic carbocycles. The summed E-state index contributed by atoms with van der Waals surface area (Å²) in [5.41, 5.74) is 8.72. The summed E-state index contributed by atoms with van der Waals surface area (Å²) in [6.45, 7) is 10.1. The van der Waals surface area contributed by atoms with Crippen molar-refractivity contribution in [1.82, 2.24) is 15.8 Å². The molecule has 0 atom stereocenters. The minimum absolute atomic E-state index is 0.0739. The number of aryl methyl sites for hydroxylation is 3. The van der Waals surface area contributed by atoms with E-state index in [1.807, 2.05) is 32.0 Å². The van der Waals surface area contributed by atoms with Gasteiger partial charge in [0, 0.05) is 12.1 Å². The molecule has 0 unspecified atom stereocenters. The molecule has 7 heteroatoms. The Hall–Kier alpha value is -2.41. The molecule has 2 amide bonds. The zero-order valence-corrected chi connectivity index (χ0v) is 16.7. The predicted octanol–water partition coefficient (Wildman–Crippen LogP) is 3.14. The van der Waals surface area contributed by atoms with E-state index in [2.05, 4.69) is 35.0 Å². The minimum atomic E-state index is -0.338. The van der Waals surface area contributed by atoms with Gasteiger partial charge in [-0.15, -0.1) is 11.3 Å². The summed E-state index contributed by atoms with van der Waals surface area (Å²) in [5.74, 6) is -0.176. The third-order valence-corrected chi connectivity index (χ3v) is 4.95. The molecule has 1 aromatic heterocycles. The average Bonchev–Trinajstić information content (AvgIpc) is 2.91. The molecule has 2 aromatic rings. The van der Waals surface area contributed by atoms with E-state index in [0.717, 1.165) is 22.7 Å². The monoisotopic (exact) mass is 374 g/mol. The number of nitrogens with one attached hydrogen (secondary N) is 3. The van der Waals surface area contributed by atoms with Crippen molar-refractivity contribution >= 4 is 28.8 Å². The summed E-state index contributed by atoms with van der Waals surface area (Å²) in [4.78, 5) is 29.2. The first-order valence-corrected chi connectivity index (χ1v) is 9.44. The van der Waals surface area contributed by atoms with Crippen LogP contribution < -0.4 is 16.2 Å². The molecule has 3 N–H and O–H groups in total. The molecule has 0 radical (unpaired) electrons. The lowest BCUT2D eigenvalue weighted by atomic mass is 10.1. The number of hydrogen-bond acceptors (Lipinski definition) is 5. The number of carbonyl (C=O) groups excluding carboxylic acids is 2. The van der Waals surface area contributed by atoms with Crippen LogP contribution in [0.4, 0.5) is 5.69 Å². The van der Waals surface area contributed by atoms with E-state index in [-0.39, 0.29) is 18.4 Å². The van der Waals surface area contributed by atoms with E-state index in [9.17, 15) is 9.59 Å². The normalized spacial score (nSPS) is 10.7. The summed E-state index contributed by atoms with van der Waals surface area (Å²) in [7, 11) is 0. The fourth-order valence-electron chi connectivity index (χ4n) is 2.51. The number of nitrogens with zero attached hydrogens (tertiary/aromatic N) is 1. The van der Waals surface area contributed by atoms with Gasteiger partial charge in [-0.1, -0.05) is 31.5 Å².